The van der Waals surface area contributed by atoms with E-state index in [2.05, 4.69) is 20.1 Å². The molecule has 2 saturated carbocycles. The van der Waals surface area contributed by atoms with Crippen molar-refractivity contribution in [3.63, 3.8) is 0 Å². The largest absolute Gasteiger partial charge is 0.355 e. The average Bonchev–Trinajstić information content (AvgIpc) is 3.36. The van der Waals surface area contributed by atoms with E-state index in [1.54, 1.807) is 0 Å². The van der Waals surface area contributed by atoms with Crippen LogP contribution in [0.4, 0.5) is 0 Å². The van der Waals surface area contributed by atoms with Gasteiger partial charge >= 0.3 is 0 Å². The molecule has 154 valence electrons. The minimum atomic E-state index is -0.847. The van der Waals surface area contributed by atoms with Crippen molar-refractivity contribution in [3.05, 3.63) is 35.9 Å². The number of hydrogen-bond acceptors (Lipinski definition) is 3. The Hall–Kier alpha value is -1.40. The lowest BCUT2D eigenvalue weighted by molar-refractivity contribution is 0.0959. The highest BCUT2D eigenvalue weighted by Crippen LogP contribution is 2.46. The standard InChI is InChI=1S/C22H34N4OS/c1-23-22(24-9-14-28(27)17-18-5-3-2-4-6-18)26-12-10-25(11-13-26)21-16-19-7-8-20(21)15-19/h2-6,19-21H,7-17H2,1H3,(H,23,24). The van der Waals surface area contributed by atoms with Crippen LogP contribution in [-0.4, -0.2) is 71.5 Å². The molecule has 28 heavy (non-hydrogen) atoms. The molecule has 3 aliphatic rings. The zero-order chi connectivity index (χ0) is 19.3. The number of nitrogens with one attached hydrogen (secondary N) is 1. The van der Waals surface area contributed by atoms with Crippen molar-refractivity contribution in [2.45, 2.75) is 37.5 Å². The molecule has 1 aromatic carbocycles. The van der Waals surface area contributed by atoms with Gasteiger partial charge in [0.25, 0.3) is 0 Å². The Morgan fingerprint density at radius 3 is 2.57 bits per heavy atom. The van der Waals surface area contributed by atoms with E-state index in [1.165, 1.54) is 25.7 Å². The highest BCUT2D eigenvalue weighted by molar-refractivity contribution is 7.84. The first kappa shape index (κ1) is 19.9. The van der Waals surface area contributed by atoms with Gasteiger partial charge in [-0.25, -0.2) is 0 Å². The van der Waals surface area contributed by atoms with Crippen LogP contribution in [0.3, 0.4) is 0 Å². The molecule has 3 fully saturated rings. The summed E-state index contributed by atoms with van der Waals surface area (Å²) in [7, 11) is 1.01. The van der Waals surface area contributed by atoms with Crippen LogP contribution in [0.15, 0.2) is 35.3 Å². The number of rotatable bonds is 6. The minimum absolute atomic E-state index is 0.628. The zero-order valence-corrected chi connectivity index (χ0v) is 17.9. The number of hydrogen-bond donors (Lipinski definition) is 1. The van der Waals surface area contributed by atoms with Gasteiger partial charge in [-0.2, -0.15) is 0 Å². The smallest absolute Gasteiger partial charge is 0.193 e. The fourth-order valence-corrected chi connectivity index (χ4v) is 6.40. The van der Waals surface area contributed by atoms with Crippen molar-refractivity contribution < 1.29 is 4.21 Å². The Morgan fingerprint density at radius 2 is 1.93 bits per heavy atom. The quantitative estimate of drug-likeness (QED) is 0.586. The Balaban J connectivity index is 1.18. The number of fused-ring (bicyclic) bond motifs is 2. The summed E-state index contributed by atoms with van der Waals surface area (Å²) in [6, 6.07) is 10.9. The molecule has 4 rings (SSSR count). The van der Waals surface area contributed by atoms with E-state index in [0.717, 1.165) is 55.6 Å². The molecule has 1 aromatic rings. The highest BCUT2D eigenvalue weighted by atomic mass is 32.2. The van der Waals surface area contributed by atoms with Crippen molar-refractivity contribution >= 4 is 16.8 Å². The van der Waals surface area contributed by atoms with Gasteiger partial charge in [0.1, 0.15) is 0 Å². The van der Waals surface area contributed by atoms with Gasteiger partial charge in [0.05, 0.1) is 0 Å². The van der Waals surface area contributed by atoms with Gasteiger partial charge in [0.2, 0.25) is 0 Å². The van der Waals surface area contributed by atoms with Crippen LogP contribution in [0, 0.1) is 11.8 Å². The molecule has 4 atom stereocenters. The van der Waals surface area contributed by atoms with E-state index in [9.17, 15) is 4.21 Å². The van der Waals surface area contributed by atoms with Gasteiger partial charge in [0, 0.05) is 68.1 Å². The molecule has 0 radical (unpaired) electrons. The molecule has 2 aliphatic carbocycles. The summed E-state index contributed by atoms with van der Waals surface area (Å²) in [4.78, 5) is 9.57. The number of aliphatic imine (C=N–C) groups is 1. The summed E-state index contributed by atoms with van der Waals surface area (Å²) in [5.41, 5.74) is 1.14. The molecule has 1 N–H and O–H groups in total. The van der Waals surface area contributed by atoms with Crippen LogP contribution in [-0.2, 0) is 16.6 Å². The van der Waals surface area contributed by atoms with E-state index >= 15 is 0 Å². The van der Waals surface area contributed by atoms with E-state index in [-0.39, 0.29) is 0 Å². The molecular weight excluding hydrogens is 368 g/mol. The van der Waals surface area contributed by atoms with E-state index in [0.29, 0.717) is 18.1 Å². The van der Waals surface area contributed by atoms with E-state index in [4.69, 9.17) is 0 Å². The SMILES string of the molecule is CN=C(NCCS(=O)Cc1ccccc1)N1CCN(C2CC3CCC2C3)CC1. The first-order valence-electron chi connectivity index (χ1n) is 10.8. The molecule has 0 aromatic heterocycles. The fraction of sp³-hybridized carbons (Fsp3) is 0.682. The van der Waals surface area contributed by atoms with E-state index < -0.39 is 10.8 Å². The maximum atomic E-state index is 12.3. The van der Waals surface area contributed by atoms with Crippen molar-refractivity contribution in [1.29, 1.82) is 0 Å². The molecule has 1 heterocycles. The predicted octanol–water partition coefficient (Wildman–Crippen LogP) is 2.32. The lowest BCUT2D eigenvalue weighted by Crippen LogP contribution is -2.55. The zero-order valence-electron chi connectivity index (χ0n) is 17.1. The highest BCUT2D eigenvalue weighted by Gasteiger charge is 2.42. The molecule has 1 aliphatic heterocycles. The normalized spacial score (nSPS) is 29.2. The lowest BCUT2D eigenvalue weighted by atomic mass is 9.93. The average molecular weight is 403 g/mol. The first-order valence-corrected chi connectivity index (χ1v) is 12.3. The molecule has 5 nitrogen and oxygen atoms in total. The molecule has 1 saturated heterocycles. The summed E-state index contributed by atoms with van der Waals surface area (Å²) in [6.45, 7) is 5.09. The van der Waals surface area contributed by atoms with Crippen molar-refractivity contribution in [1.82, 2.24) is 15.1 Å². The molecule has 6 heteroatoms. The van der Waals surface area contributed by atoms with Crippen LogP contribution >= 0.6 is 0 Å². The third-order valence-corrected chi connectivity index (χ3v) is 8.09. The predicted molar refractivity (Wildman–Crippen MR) is 117 cm³/mol. The summed E-state index contributed by atoms with van der Waals surface area (Å²) in [6.07, 6.45) is 5.85. The third-order valence-electron chi connectivity index (χ3n) is 6.78. The van der Waals surface area contributed by atoms with Crippen molar-refractivity contribution in [3.8, 4) is 0 Å². The Kier molecular flexibility index (Phi) is 6.68. The molecule has 0 amide bonds. The number of piperazine rings is 1. The van der Waals surface area contributed by atoms with Crippen molar-refractivity contribution in [2.75, 3.05) is 45.5 Å². The Labute approximate surface area is 172 Å². The van der Waals surface area contributed by atoms with Gasteiger partial charge in [-0.15, -0.1) is 0 Å². The van der Waals surface area contributed by atoms with Gasteiger partial charge in [-0.1, -0.05) is 36.8 Å². The Bertz CT molecular complexity index is 687. The van der Waals surface area contributed by atoms with Crippen LogP contribution < -0.4 is 5.32 Å². The maximum absolute atomic E-state index is 12.3. The second-order valence-electron chi connectivity index (χ2n) is 8.51. The number of benzene rings is 1. The number of guanidine groups is 1. The summed E-state index contributed by atoms with van der Waals surface area (Å²) in [5.74, 6) is 4.22. The van der Waals surface area contributed by atoms with Gasteiger partial charge in [0.15, 0.2) is 5.96 Å². The molecular formula is C22H34N4OS. The van der Waals surface area contributed by atoms with Gasteiger partial charge in [-0.3, -0.25) is 14.1 Å². The number of nitrogens with zero attached hydrogens (tertiary/aromatic N) is 3. The molecule has 2 bridgehead atoms. The summed E-state index contributed by atoms with van der Waals surface area (Å²) >= 11 is 0. The Morgan fingerprint density at radius 1 is 1.14 bits per heavy atom. The van der Waals surface area contributed by atoms with Crippen molar-refractivity contribution in [2.24, 2.45) is 16.8 Å². The topological polar surface area (TPSA) is 47.9 Å². The third kappa shape index (κ3) is 4.77. The second kappa shape index (κ2) is 9.40. The van der Waals surface area contributed by atoms with E-state index in [1.807, 2.05) is 37.4 Å². The lowest BCUT2D eigenvalue weighted by Gasteiger charge is -2.41. The van der Waals surface area contributed by atoms with Gasteiger partial charge < -0.3 is 10.2 Å². The minimum Gasteiger partial charge on any atom is -0.355 e. The van der Waals surface area contributed by atoms with Gasteiger partial charge in [-0.05, 0) is 36.7 Å². The van der Waals surface area contributed by atoms with Crippen LogP contribution in [0.1, 0.15) is 31.2 Å². The van der Waals surface area contributed by atoms with Crippen LogP contribution in [0.2, 0.25) is 0 Å². The van der Waals surface area contributed by atoms with Crippen LogP contribution in [0.25, 0.3) is 0 Å². The first-order chi connectivity index (χ1) is 13.7. The van der Waals surface area contributed by atoms with Crippen LogP contribution in [0.5, 0.6) is 0 Å². The summed E-state index contributed by atoms with van der Waals surface area (Å²) < 4.78 is 12.3. The molecule has 4 unspecified atom stereocenters. The molecule has 0 spiro atoms. The fourth-order valence-electron chi connectivity index (χ4n) is 5.36. The monoisotopic (exact) mass is 402 g/mol. The maximum Gasteiger partial charge on any atom is 0.193 e. The summed E-state index contributed by atoms with van der Waals surface area (Å²) in [5, 5.41) is 3.43. The second-order valence-corrected chi connectivity index (χ2v) is 10.1.